The Morgan fingerprint density at radius 3 is 2.71 bits per heavy atom. The highest BCUT2D eigenvalue weighted by Crippen LogP contribution is 2.40. The number of hydrogen-bond donors (Lipinski definition) is 0. The number of carbonyl (C=O) groups excluding carboxylic acids is 1. The minimum absolute atomic E-state index is 0.310. The number of aliphatic imine (C=N–C) groups is 1. The second-order valence-corrected chi connectivity index (χ2v) is 9.84. The van der Waals surface area contributed by atoms with Crippen LogP contribution in [0.3, 0.4) is 0 Å². The summed E-state index contributed by atoms with van der Waals surface area (Å²) in [5.74, 6) is 1.03. The van der Waals surface area contributed by atoms with E-state index in [1.807, 2.05) is 49.4 Å². The lowest BCUT2D eigenvalue weighted by molar-refractivity contribution is 0.0526. The third-order valence-electron chi connectivity index (χ3n) is 5.91. The van der Waals surface area contributed by atoms with Crippen molar-refractivity contribution >= 4 is 40.1 Å². The molecule has 0 saturated carbocycles. The van der Waals surface area contributed by atoms with E-state index in [1.165, 1.54) is 10.4 Å². The largest absolute Gasteiger partial charge is 0.462 e. The molecule has 5 rings (SSSR count). The van der Waals surface area contributed by atoms with Crippen molar-refractivity contribution in [2.45, 2.75) is 26.4 Å². The van der Waals surface area contributed by atoms with Gasteiger partial charge in [-0.3, -0.25) is 4.90 Å². The fraction of sp³-hybridized carbons (Fsp3) is 0.214. The maximum absolute atomic E-state index is 12.9. The van der Waals surface area contributed by atoms with Gasteiger partial charge in [-0.25, -0.2) is 9.79 Å². The van der Waals surface area contributed by atoms with Gasteiger partial charge in [0.15, 0.2) is 0 Å². The van der Waals surface area contributed by atoms with Gasteiger partial charge in [-0.05, 0) is 60.9 Å². The summed E-state index contributed by atoms with van der Waals surface area (Å²) in [5, 5.41) is 1.34. The number of nitrogens with zero attached hydrogens (tertiary/aromatic N) is 2. The Morgan fingerprint density at radius 1 is 1.14 bits per heavy atom. The van der Waals surface area contributed by atoms with Gasteiger partial charge >= 0.3 is 5.97 Å². The van der Waals surface area contributed by atoms with E-state index in [0.29, 0.717) is 28.0 Å². The normalized spacial score (nSPS) is 13.8. The minimum atomic E-state index is -0.310. The van der Waals surface area contributed by atoms with Crippen LogP contribution in [0.15, 0.2) is 76.1 Å². The summed E-state index contributed by atoms with van der Waals surface area (Å²) in [6, 6.07) is 21.7. The second kappa shape index (κ2) is 10.6. The molecule has 0 unspecified atom stereocenters. The van der Waals surface area contributed by atoms with Gasteiger partial charge in [0.25, 0.3) is 0 Å². The van der Waals surface area contributed by atoms with E-state index in [4.69, 9.17) is 20.8 Å². The average molecular weight is 505 g/mol. The summed E-state index contributed by atoms with van der Waals surface area (Å²) in [6.45, 7) is 4.71. The van der Waals surface area contributed by atoms with E-state index in [1.54, 1.807) is 17.6 Å². The van der Waals surface area contributed by atoms with Crippen molar-refractivity contribution in [3.63, 3.8) is 0 Å². The molecule has 4 aromatic rings. The number of halogens is 1. The molecule has 0 spiro atoms. The predicted octanol–water partition coefficient (Wildman–Crippen LogP) is 7.15. The van der Waals surface area contributed by atoms with Crippen LogP contribution in [0.1, 0.15) is 39.0 Å². The molecule has 3 heterocycles. The number of rotatable bonds is 7. The standard InChI is InChI=1S/C28H25ClN2O3S/c1-2-33-28(32)26-23-14-15-31(17-19-6-4-3-5-7-19)18-25(23)35-27(26)30-16-22-12-13-24(34-22)20-8-10-21(29)11-9-20/h3-13,16H,2,14-15,17-18H2,1H3. The van der Waals surface area contributed by atoms with Crippen LogP contribution in [0.2, 0.25) is 5.02 Å². The van der Waals surface area contributed by atoms with Crippen molar-refractivity contribution < 1.29 is 13.9 Å². The number of esters is 1. The molecule has 2 aromatic carbocycles. The van der Waals surface area contributed by atoms with Crippen molar-refractivity contribution in [3.8, 4) is 11.3 Å². The van der Waals surface area contributed by atoms with Crippen molar-refractivity contribution in [1.29, 1.82) is 0 Å². The predicted molar refractivity (Wildman–Crippen MR) is 141 cm³/mol. The number of benzene rings is 2. The van der Waals surface area contributed by atoms with E-state index in [2.05, 4.69) is 34.2 Å². The van der Waals surface area contributed by atoms with Gasteiger partial charge in [0.1, 0.15) is 16.5 Å². The van der Waals surface area contributed by atoms with E-state index in [-0.39, 0.29) is 5.97 Å². The van der Waals surface area contributed by atoms with Crippen LogP contribution in [0, 0.1) is 0 Å². The fourth-order valence-corrected chi connectivity index (χ4v) is 5.58. The van der Waals surface area contributed by atoms with Gasteiger partial charge < -0.3 is 9.15 Å². The first-order valence-corrected chi connectivity index (χ1v) is 12.8. The second-order valence-electron chi connectivity index (χ2n) is 8.32. The van der Waals surface area contributed by atoms with Gasteiger partial charge in [0.05, 0.1) is 18.4 Å². The summed E-state index contributed by atoms with van der Waals surface area (Å²) in [6.07, 6.45) is 2.46. The Kier molecular flexibility index (Phi) is 7.13. The number of carbonyl (C=O) groups is 1. The topological polar surface area (TPSA) is 55.0 Å². The number of hydrogen-bond acceptors (Lipinski definition) is 6. The van der Waals surface area contributed by atoms with E-state index < -0.39 is 0 Å². The minimum Gasteiger partial charge on any atom is -0.462 e. The van der Waals surface area contributed by atoms with Crippen molar-refractivity contribution in [3.05, 3.63) is 99.1 Å². The molecule has 0 atom stereocenters. The average Bonchev–Trinajstić information content (AvgIpc) is 3.48. The molecule has 0 amide bonds. The monoisotopic (exact) mass is 504 g/mol. The third-order valence-corrected chi connectivity index (χ3v) is 7.29. The molecule has 0 aliphatic carbocycles. The smallest absolute Gasteiger partial charge is 0.341 e. The molecule has 0 radical (unpaired) electrons. The van der Waals surface area contributed by atoms with Crippen LogP contribution in [0.4, 0.5) is 5.00 Å². The molecule has 0 N–H and O–H groups in total. The Bertz CT molecular complexity index is 1340. The highest BCUT2D eigenvalue weighted by Gasteiger charge is 2.28. The Morgan fingerprint density at radius 2 is 1.94 bits per heavy atom. The number of fused-ring (bicyclic) bond motifs is 1. The Hall–Kier alpha value is -3.19. The molecule has 0 saturated heterocycles. The molecular formula is C28H25ClN2O3S. The van der Waals surface area contributed by atoms with Crippen LogP contribution < -0.4 is 0 Å². The number of thiophene rings is 1. The van der Waals surface area contributed by atoms with Gasteiger partial charge in [-0.15, -0.1) is 11.3 Å². The zero-order valence-corrected chi connectivity index (χ0v) is 20.9. The van der Waals surface area contributed by atoms with Gasteiger partial charge in [-0.1, -0.05) is 41.9 Å². The molecular weight excluding hydrogens is 480 g/mol. The van der Waals surface area contributed by atoms with Gasteiger partial charge in [-0.2, -0.15) is 0 Å². The molecule has 0 bridgehead atoms. The summed E-state index contributed by atoms with van der Waals surface area (Å²) < 4.78 is 11.3. The van der Waals surface area contributed by atoms with Gasteiger partial charge in [0, 0.05) is 35.1 Å². The van der Waals surface area contributed by atoms with Crippen LogP contribution in [0.25, 0.3) is 11.3 Å². The molecule has 35 heavy (non-hydrogen) atoms. The first-order chi connectivity index (χ1) is 17.1. The van der Waals surface area contributed by atoms with Crippen LogP contribution in [0.5, 0.6) is 0 Å². The quantitative estimate of drug-likeness (QED) is 0.198. The molecule has 7 heteroatoms. The molecule has 5 nitrogen and oxygen atoms in total. The van der Waals surface area contributed by atoms with Crippen LogP contribution >= 0.6 is 22.9 Å². The number of ether oxygens (including phenoxy) is 1. The maximum atomic E-state index is 12.9. The maximum Gasteiger partial charge on any atom is 0.341 e. The van der Waals surface area contributed by atoms with Crippen LogP contribution in [-0.4, -0.2) is 30.2 Å². The highest BCUT2D eigenvalue weighted by atomic mass is 35.5. The summed E-state index contributed by atoms with van der Waals surface area (Å²) in [4.78, 5) is 21.1. The molecule has 1 aliphatic rings. The Labute approximate surface area is 213 Å². The number of furan rings is 1. The zero-order valence-electron chi connectivity index (χ0n) is 19.4. The molecule has 0 fully saturated rings. The van der Waals surface area contributed by atoms with E-state index in [9.17, 15) is 4.79 Å². The summed E-state index contributed by atoms with van der Waals surface area (Å²) in [7, 11) is 0. The fourth-order valence-electron chi connectivity index (χ4n) is 4.24. The van der Waals surface area contributed by atoms with Gasteiger partial charge in [0.2, 0.25) is 0 Å². The zero-order chi connectivity index (χ0) is 24.2. The van der Waals surface area contributed by atoms with Crippen molar-refractivity contribution in [2.75, 3.05) is 13.2 Å². The van der Waals surface area contributed by atoms with E-state index in [0.717, 1.165) is 42.9 Å². The first kappa shape index (κ1) is 23.5. The lowest BCUT2D eigenvalue weighted by Crippen LogP contribution is -2.29. The molecule has 178 valence electrons. The highest BCUT2D eigenvalue weighted by molar-refractivity contribution is 7.16. The summed E-state index contributed by atoms with van der Waals surface area (Å²) >= 11 is 7.54. The lowest BCUT2D eigenvalue weighted by atomic mass is 10.0. The summed E-state index contributed by atoms with van der Waals surface area (Å²) in [5.41, 5.74) is 3.87. The lowest BCUT2D eigenvalue weighted by Gasteiger charge is -2.27. The third kappa shape index (κ3) is 5.40. The molecule has 1 aliphatic heterocycles. The SMILES string of the molecule is CCOC(=O)c1c(N=Cc2ccc(-c3ccc(Cl)cc3)o2)sc2c1CCN(Cc1ccccc1)C2. The first-order valence-electron chi connectivity index (χ1n) is 11.6. The molecule has 2 aromatic heterocycles. The van der Waals surface area contributed by atoms with E-state index >= 15 is 0 Å². The van der Waals surface area contributed by atoms with Crippen LogP contribution in [-0.2, 0) is 24.2 Å². The Balaban J connectivity index is 1.39. The van der Waals surface area contributed by atoms with Crippen molar-refractivity contribution in [2.24, 2.45) is 4.99 Å². The van der Waals surface area contributed by atoms with Crippen molar-refractivity contribution in [1.82, 2.24) is 4.90 Å².